The van der Waals surface area contributed by atoms with Gasteiger partial charge in [0.05, 0.1) is 80.8 Å². The number of carbonyl (C=O) groups excluding carboxylic acids is 4. The number of ether oxygens (including phenoxy) is 8. The molecule has 5 aliphatic rings. The first-order chi connectivity index (χ1) is 29.9. The average Bonchev–Trinajstić information content (AvgIpc) is 3.76. The zero-order valence-corrected chi connectivity index (χ0v) is 40.6. The maximum absolute atomic E-state index is 13.2. The molecule has 15 heteroatoms. The molecule has 3 saturated carbocycles. The summed E-state index contributed by atoms with van der Waals surface area (Å²) in [4.78, 5) is 53.4. The first kappa shape index (κ1) is 52.9. The highest BCUT2D eigenvalue weighted by molar-refractivity contribution is 5.73. The van der Waals surface area contributed by atoms with Gasteiger partial charge in [0.1, 0.15) is 11.2 Å². The second-order valence-corrected chi connectivity index (χ2v) is 20.1. The lowest BCUT2D eigenvalue weighted by Gasteiger charge is -2.34. The van der Waals surface area contributed by atoms with Gasteiger partial charge in [0.15, 0.2) is 0 Å². The van der Waals surface area contributed by atoms with E-state index in [2.05, 4.69) is 0 Å². The highest BCUT2D eigenvalue weighted by atomic mass is 16.6. The van der Waals surface area contributed by atoms with Crippen LogP contribution >= 0.6 is 0 Å². The Morgan fingerprint density at radius 3 is 1.35 bits per heavy atom. The van der Waals surface area contributed by atoms with Crippen LogP contribution in [0.5, 0.6) is 0 Å². The Labute approximate surface area is 378 Å². The van der Waals surface area contributed by atoms with Gasteiger partial charge in [-0.25, -0.2) is 9.59 Å². The summed E-state index contributed by atoms with van der Waals surface area (Å²) in [5, 5.41) is 0. The van der Waals surface area contributed by atoms with E-state index in [-0.39, 0.29) is 72.4 Å². The molecule has 2 aliphatic heterocycles. The monoisotopic (exact) mass is 896 g/mol. The number of rotatable bonds is 15. The van der Waals surface area contributed by atoms with Crippen LogP contribution in [0.15, 0.2) is 0 Å². The van der Waals surface area contributed by atoms with Gasteiger partial charge in [0.25, 0.3) is 0 Å². The Morgan fingerprint density at radius 1 is 0.524 bits per heavy atom. The normalized spacial score (nSPS) is 30.6. The van der Waals surface area contributed by atoms with Crippen molar-refractivity contribution in [3.05, 3.63) is 0 Å². The smallest absolute Gasteiger partial charge is 0.410 e. The lowest BCUT2D eigenvalue weighted by Crippen LogP contribution is -2.47. The van der Waals surface area contributed by atoms with Crippen molar-refractivity contribution in [1.82, 2.24) is 9.80 Å². The summed E-state index contributed by atoms with van der Waals surface area (Å²) < 4.78 is 46.4. The molecular formula is C48H85N3O12. The first-order valence-electron chi connectivity index (χ1n) is 24.4. The van der Waals surface area contributed by atoms with Crippen molar-refractivity contribution in [3.63, 3.8) is 0 Å². The summed E-state index contributed by atoms with van der Waals surface area (Å²) in [6, 6.07) is -0.720. The van der Waals surface area contributed by atoms with Gasteiger partial charge in [0, 0.05) is 32.2 Å². The van der Waals surface area contributed by atoms with Crippen molar-refractivity contribution in [1.29, 1.82) is 0 Å². The molecule has 2 amide bonds. The molecule has 0 bridgehead atoms. The molecule has 0 aromatic heterocycles. The number of carbonyl (C=O) groups is 4. The van der Waals surface area contributed by atoms with E-state index in [1.165, 1.54) is 32.1 Å². The van der Waals surface area contributed by atoms with Crippen molar-refractivity contribution in [2.45, 2.75) is 206 Å². The molecule has 3 aliphatic carbocycles. The predicted molar refractivity (Wildman–Crippen MR) is 239 cm³/mol. The molecular weight excluding hydrogens is 811 g/mol. The van der Waals surface area contributed by atoms with Gasteiger partial charge in [-0.3, -0.25) is 19.4 Å². The van der Waals surface area contributed by atoms with Crippen LogP contribution in [0, 0.1) is 23.7 Å². The number of hydrogen-bond acceptors (Lipinski definition) is 13. The van der Waals surface area contributed by atoms with Gasteiger partial charge in [0.2, 0.25) is 0 Å². The van der Waals surface area contributed by atoms with Crippen molar-refractivity contribution in [2.75, 3.05) is 52.7 Å². The highest BCUT2D eigenvalue weighted by Crippen LogP contribution is 2.40. The quantitative estimate of drug-likeness (QED) is 0.125. The Morgan fingerprint density at radius 2 is 0.937 bits per heavy atom. The van der Waals surface area contributed by atoms with Crippen LogP contribution in [0.2, 0.25) is 0 Å². The van der Waals surface area contributed by atoms with Crippen LogP contribution in [0.1, 0.15) is 153 Å². The minimum atomic E-state index is -0.582. The van der Waals surface area contributed by atoms with E-state index >= 15 is 0 Å². The maximum Gasteiger partial charge on any atom is 0.410 e. The second-order valence-electron chi connectivity index (χ2n) is 20.1. The molecule has 0 spiro atoms. The fourth-order valence-electron chi connectivity index (χ4n) is 10.0. The van der Waals surface area contributed by atoms with Crippen molar-refractivity contribution in [3.8, 4) is 0 Å². The summed E-state index contributed by atoms with van der Waals surface area (Å²) in [6.45, 7) is 22.7. The number of nitrogens with two attached hydrogens (primary N) is 1. The number of hydrogen-bond donors (Lipinski definition) is 1. The molecule has 0 radical (unpaired) electrons. The van der Waals surface area contributed by atoms with Crippen LogP contribution in [-0.4, -0.2) is 140 Å². The van der Waals surface area contributed by atoms with Crippen LogP contribution in [-0.2, 0) is 47.5 Å². The summed E-state index contributed by atoms with van der Waals surface area (Å²) in [7, 11) is 0. The molecule has 5 fully saturated rings. The molecule has 2 saturated heterocycles. The van der Waals surface area contributed by atoms with E-state index < -0.39 is 17.3 Å². The molecule has 2 N–H and O–H groups in total. The van der Waals surface area contributed by atoms with Gasteiger partial charge in [-0.1, -0.05) is 32.1 Å². The molecule has 2 heterocycles. The molecule has 364 valence electrons. The van der Waals surface area contributed by atoms with Gasteiger partial charge in [-0.2, -0.15) is 0 Å². The van der Waals surface area contributed by atoms with Crippen molar-refractivity contribution in [2.24, 2.45) is 29.4 Å². The highest BCUT2D eigenvalue weighted by Gasteiger charge is 2.49. The predicted octanol–water partition coefficient (Wildman–Crippen LogP) is 7.82. The van der Waals surface area contributed by atoms with Crippen LogP contribution in [0.25, 0.3) is 0 Å². The van der Waals surface area contributed by atoms with E-state index in [0.29, 0.717) is 64.6 Å². The topological polar surface area (TPSA) is 175 Å². The van der Waals surface area contributed by atoms with Gasteiger partial charge in [-0.15, -0.1) is 0 Å². The Kier molecular flexibility index (Phi) is 21.2. The van der Waals surface area contributed by atoms with Crippen molar-refractivity contribution >= 4 is 24.1 Å². The zero-order chi connectivity index (χ0) is 46.3. The molecule has 0 aromatic carbocycles. The van der Waals surface area contributed by atoms with Gasteiger partial charge < -0.3 is 43.6 Å². The number of nitrogens with zero attached hydrogens (tertiary/aromatic N) is 2. The third kappa shape index (κ3) is 16.3. The van der Waals surface area contributed by atoms with E-state index in [4.69, 9.17) is 43.6 Å². The largest absolute Gasteiger partial charge is 0.466 e. The summed E-state index contributed by atoms with van der Waals surface area (Å²) in [5.74, 6) is 0.654. The SMILES string of the molecule is CCOC(=O)C1CCC(OC[C@@H]2[C@@H](OCC)[C@H](C3CCCCC3)CN2C(=O)OC(C)(C)C)CC1.CCOC(=O)C1CCC(OC[C@@H]2[C@@H](OCC)[C@H](N)CN2C(=O)OC(C)(C)C)CC1. The van der Waals surface area contributed by atoms with Crippen LogP contribution in [0.4, 0.5) is 9.59 Å². The Hall–Kier alpha value is -2.72. The number of amides is 2. The fraction of sp³-hybridized carbons (Fsp3) is 0.917. The molecule has 5 rings (SSSR count). The van der Waals surface area contributed by atoms with E-state index in [0.717, 1.165) is 51.4 Å². The average molecular weight is 896 g/mol. The van der Waals surface area contributed by atoms with E-state index in [1.807, 2.05) is 74.1 Å². The first-order valence-corrected chi connectivity index (χ1v) is 24.4. The molecule has 0 unspecified atom stereocenters. The lowest BCUT2D eigenvalue weighted by atomic mass is 9.78. The maximum atomic E-state index is 13.2. The van der Waals surface area contributed by atoms with Crippen molar-refractivity contribution < 1.29 is 57.1 Å². The minimum Gasteiger partial charge on any atom is -0.466 e. The molecule has 6 atom stereocenters. The van der Waals surface area contributed by atoms with E-state index in [9.17, 15) is 19.2 Å². The zero-order valence-electron chi connectivity index (χ0n) is 40.6. The fourth-order valence-corrected chi connectivity index (χ4v) is 10.0. The second kappa shape index (κ2) is 25.3. The third-order valence-electron chi connectivity index (χ3n) is 13.0. The summed E-state index contributed by atoms with van der Waals surface area (Å²) in [5.41, 5.74) is 5.13. The Balaban J connectivity index is 0.000000280. The van der Waals surface area contributed by atoms with Gasteiger partial charge >= 0.3 is 24.1 Å². The molecule has 0 aromatic rings. The van der Waals surface area contributed by atoms with Crippen LogP contribution < -0.4 is 5.73 Å². The Bertz CT molecular complexity index is 1400. The number of likely N-dealkylation sites (tertiary alicyclic amines) is 2. The van der Waals surface area contributed by atoms with Gasteiger partial charge in [-0.05, 0) is 127 Å². The standard InChI is InChI=1S/C27H47NO6.C21H38N2O6/c1-6-31-24-22(19-11-9-8-10-12-19)17-28(26(30)34-27(3,4)5)23(24)18-33-21-15-13-20(14-16-21)25(29)32-7-2;1-6-26-18-16(22)12-23(20(25)29-21(3,4)5)17(18)13-28-15-10-8-14(9-11-15)19(24)27-7-2/h19-24H,6-18H2,1-5H3;14-18H,6-13,22H2,1-5H3/t20?,21?,22-,23+,24-;14?,15?,16-,17-,18+/m01/s1. The summed E-state index contributed by atoms with van der Waals surface area (Å²) in [6.07, 6.45) is 11.8. The molecule has 63 heavy (non-hydrogen) atoms. The number of esters is 2. The summed E-state index contributed by atoms with van der Waals surface area (Å²) >= 11 is 0. The van der Waals surface area contributed by atoms with Crippen LogP contribution in [0.3, 0.4) is 0 Å². The van der Waals surface area contributed by atoms with E-state index in [1.54, 1.807) is 4.90 Å². The minimum absolute atomic E-state index is 0.0172. The molecule has 15 nitrogen and oxygen atoms in total. The lowest BCUT2D eigenvalue weighted by molar-refractivity contribution is -0.151. The third-order valence-corrected chi connectivity index (χ3v) is 13.0.